The van der Waals surface area contributed by atoms with Crippen molar-refractivity contribution >= 4 is 23.2 Å². The molecule has 2 aromatic carbocycles. The molecule has 0 aliphatic rings. The molecule has 0 N–H and O–H groups in total. The molecule has 4 rings (SSSR count). The van der Waals surface area contributed by atoms with Gasteiger partial charge >= 0.3 is 0 Å². The van der Waals surface area contributed by atoms with Crippen molar-refractivity contribution in [1.29, 1.82) is 0 Å². The number of aromatic nitrogens is 4. The van der Waals surface area contributed by atoms with E-state index in [2.05, 4.69) is 15.3 Å². The van der Waals surface area contributed by atoms with Crippen LogP contribution in [-0.4, -0.2) is 36.4 Å². The Bertz CT molecular complexity index is 1160. The van der Waals surface area contributed by atoms with Crippen LogP contribution >= 0.6 is 11.8 Å². The van der Waals surface area contributed by atoms with Gasteiger partial charge in [-0.05, 0) is 42.5 Å². The highest BCUT2D eigenvalue weighted by atomic mass is 32.2. The highest BCUT2D eigenvalue weighted by Gasteiger charge is 2.11. The summed E-state index contributed by atoms with van der Waals surface area (Å²) in [5.74, 6) is 0.0414. The van der Waals surface area contributed by atoms with E-state index in [1.807, 2.05) is 48.7 Å². The van der Waals surface area contributed by atoms with E-state index in [0.29, 0.717) is 10.6 Å². The highest BCUT2D eigenvalue weighted by Crippen LogP contribution is 2.22. The molecule has 0 radical (unpaired) electrons. The minimum absolute atomic E-state index is 0.0432. The summed E-state index contributed by atoms with van der Waals surface area (Å²) in [6.07, 6.45) is 3.60. The molecule has 0 saturated heterocycles. The summed E-state index contributed by atoms with van der Waals surface area (Å²) in [6.45, 7) is 0. The second kappa shape index (κ2) is 8.66. The summed E-state index contributed by atoms with van der Waals surface area (Å²) in [4.78, 5) is 22.5. The van der Waals surface area contributed by atoms with E-state index in [1.54, 1.807) is 10.9 Å². The fourth-order valence-electron chi connectivity index (χ4n) is 2.75. The first-order chi connectivity index (χ1) is 14.6. The van der Waals surface area contributed by atoms with E-state index in [1.165, 1.54) is 36.0 Å². The molecule has 0 fully saturated rings. The Morgan fingerprint density at radius 1 is 1.00 bits per heavy atom. The summed E-state index contributed by atoms with van der Waals surface area (Å²) in [7, 11) is 0. The molecule has 0 amide bonds. The lowest BCUT2D eigenvalue weighted by Gasteiger charge is -2.05. The summed E-state index contributed by atoms with van der Waals surface area (Å²) in [6, 6.07) is 18.9. The first-order valence-corrected chi connectivity index (χ1v) is 9.93. The molecule has 148 valence electrons. The normalized spacial score (nSPS) is 10.7. The summed E-state index contributed by atoms with van der Waals surface area (Å²) in [5, 5.41) is 23.9. The number of hydrogen-bond acceptors (Lipinski definition) is 7. The molecule has 2 heterocycles. The lowest BCUT2D eigenvalue weighted by Crippen LogP contribution is -2.03. The number of ketones is 1. The second-order valence-electron chi connectivity index (χ2n) is 6.27. The largest absolute Gasteiger partial charge is 0.293 e. The fourth-order valence-corrected chi connectivity index (χ4v) is 3.46. The minimum Gasteiger partial charge on any atom is -0.293 e. The van der Waals surface area contributed by atoms with Crippen LogP contribution in [0.15, 0.2) is 84.1 Å². The predicted molar refractivity (Wildman–Crippen MR) is 113 cm³/mol. The predicted octanol–water partition coefficient (Wildman–Crippen LogP) is 4.21. The molecule has 0 spiro atoms. The maximum Gasteiger partial charge on any atom is 0.269 e. The average molecular weight is 417 g/mol. The summed E-state index contributed by atoms with van der Waals surface area (Å²) in [5.41, 5.74) is 2.99. The molecule has 0 saturated carbocycles. The van der Waals surface area contributed by atoms with Gasteiger partial charge in [-0.1, -0.05) is 23.9 Å². The maximum absolute atomic E-state index is 12.3. The van der Waals surface area contributed by atoms with Gasteiger partial charge in [0.2, 0.25) is 0 Å². The van der Waals surface area contributed by atoms with Gasteiger partial charge < -0.3 is 0 Å². The second-order valence-corrected chi connectivity index (χ2v) is 7.27. The lowest BCUT2D eigenvalue weighted by atomic mass is 10.1. The first-order valence-electron chi connectivity index (χ1n) is 8.95. The van der Waals surface area contributed by atoms with Crippen LogP contribution in [0.1, 0.15) is 10.4 Å². The zero-order chi connectivity index (χ0) is 20.9. The van der Waals surface area contributed by atoms with Crippen molar-refractivity contribution in [3.8, 4) is 16.9 Å². The van der Waals surface area contributed by atoms with Gasteiger partial charge in [0.1, 0.15) is 5.03 Å². The van der Waals surface area contributed by atoms with Crippen LogP contribution in [0.3, 0.4) is 0 Å². The highest BCUT2D eigenvalue weighted by molar-refractivity contribution is 7.99. The topological polar surface area (TPSA) is 104 Å². The number of hydrogen-bond donors (Lipinski definition) is 0. The molecule has 0 aliphatic carbocycles. The Morgan fingerprint density at radius 3 is 2.37 bits per heavy atom. The molecule has 0 bridgehead atoms. The van der Waals surface area contributed by atoms with Crippen LogP contribution in [0, 0.1) is 10.1 Å². The SMILES string of the molecule is O=C(CSc1ccc(-c2ccc(-n3cccn3)cc2)nn1)c1ccc([N+](=O)[O-])cc1. The van der Waals surface area contributed by atoms with Gasteiger partial charge in [-0.25, -0.2) is 4.68 Å². The number of nitrogens with zero attached hydrogens (tertiary/aromatic N) is 5. The number of benzene rings is 2. The van der Waals surface area contributed by atoms with E-state index >= 15 is 0 Å². The monoisotopic (exact) mass is 417 g/mol. The van der Waals surface area contributed by atoms with Crippen LogP contribution in [0.5, 0.6) is 0 Å². The van der Waals surface area contributed by atoms with Crippen LogP contribution in [0.25, 0.3) is 16.9 Å². The summed E-state index contributed by atoms with van der Waals surface area (Å²) >= 11 is 1.27. The van der Waals surface area contributed by atoms with Crippen LogP contribution in [0.2, 0.25) is 0 Å². The average Bonchev–Trinajstić information content (AvgIpc) is 3.33. The Labute approximate surface area is 175 Å². The van der Waals surface area contributed by atoms with Gasteiger partial charge in [0, 0.05) is 35.7 Å². The molecule has 9 heteroatoms. The van der Waals surface area contributed by atoms with Gasteiger partial charge in [0.05, 0.1) is 22.1 Å². The molecule has 2 aromatic heterocycles. The van der Waals surface area contributed by atoms with Crippen molar-refractivity contribution in [1.82, 2.24) is 20.0 Å². The van der Waals surface area contributed by atoms with Gasteiger partial charge in [-0.3, -0.25) is 14.9 Å². The van der Waals surface area contributed by atoms with Gasteiger partial charge in [-0.2, -0.15) is 5.10 Å². The third-order valence-corrected chi connectivity index (χ3v) is 5.24. The molecule has 0 unspecified atom stereocenters. The van der Waals surface area contributed by atoms with Gasteiger partial charge in [-0.15, -0.1) is 10.2 Å². The standard InChI is InChI=1S/C21H15N5O3S/c27-20(16-4-8-18(9-5-16)26(28)29)14-30-21-11-10-19(23-24-21)15-2-6-17(7-3-15)25-13-1-12-22-25/h1-13H,14H2. The summed E-state index contributed by atoms with van der Waals surface area (Å²) < 4.78 is 1.77. The number of Topliss-reactive ketones (excluding diaryl/α,β-unsaturated/α-hetero) is 1. The number of rotatable bonds is 7. The zero-order valence-electron chi connectivity index (χ0n) is 15.6. The van der Waals surface area contributed by atoms with Crippen molar-refractivity contribution in [3.05, 3.63) is 94.8 Å². The number of non-ortho nitro benzene ring substituents is 1. The van der Waals surface area contributed by atoms with Crippen molar-refractivity contribution in [2.24, 2.45) is 0 Å². The third kappa shape index (κ3) is 4.41. The zero-order valence-corrected chi connectivity index (χ0v) is 16.4. The van der Waals surface area contributed by atoms with Gasteiger partial charge in [0.15, 0.2) is 5.78 Å². The third-order valence-electron chi connectivity index (χ3n) is 4.32. The number of nitro groups is 1. The Balaban J connectivity index is 1.37. The first kappa shape index (κ1) is 19.5. The quantitative estimate of drug-likeness (QED) is 0.192. The van der Waals surface area contributed by atoms with Crippen molar-refractivity contribution in [3.63, 3.8) is 0 Å². The number of carbonyl (C=O) groups excluding carboxylic acids is 1. The van der Waals surface area contributed by atoms with E-state index in [9.17, 15) is 14.9 Å². The smallest absolute Gasteiger partial charge is 0.269 e. The Morgan fingerprint density at radius 2 is 1.77 bits per heavy atom. The van der Waals surface area contributed by atoms with Crippen LogP contribution < -0.4 is 0 Å². The van der Waals surface area contributed by atoms with E-state index in [-0.39, 0.29) is 17.2 Å². The van der Waals surface area contributed by atoms with E-state index in [0.717, 1.165) is 16.9 Å². The molecule has 8 nitrogen and oxygen atoms in total. The van der Waals surface area contributed by atoms with Gasteiger partial charge in [0.25, 0.3) is 5.69 Å². The maximum atomic E-state index is 12.3. The number of carbonyl (C=O) groups is 1. The van der Waals surface area contributed by atoms with E-state index in [4.69, 9.17) is 0 Å². The van der Waals surface area contributed by atoms with Crippen molar-refractivity contribution in [2.45, 2.75) is 5.03 Å². The van der Waals surface area contributed by atoms with E-state index < -0.39 is 4.92 Å². The molecular weight excluding hydrogens is 402 g/mol. The fraction of sp³-hybridized carbons (Fsp3) is 0.0476. The molecular formula is C21H15N5O3S. The molecule has 30 heavy (non-hydrogen) atoms. The molecule has 0 aliphatic heterocycles. The number of thioether (sulfide) groups is 1. The minimum atomic E-state index is -0.495. The van der Waals surface area contributed by atoms with Crippen LogP contribution in [0.4, 0.5) is 5.69 Å². The number of nitro benzene ring substituents is 1. The Kier molecular flexibility index (Phi) is 5.62. The molecule has 0 atom stereocenters. The van der Waals surface area contributed by atoms with Crippen molar-refractivity contribution in [2.75, 3.05) is 5.75 Å². The lowest BCUT2D eigenvalue weighted by molar-refractivity contribution is -0.384. The van der Waals surface area contributed by atoms with Crippen LogP contribution in [-0.2, 0) is 0 Å². The Hall–Kier alpha value is -3.85. The van der Waals surface area contributed by atoms with Crippen molar-refractivity contribution < 1.29 is 9.72 Å². The molecule has 4 aromatic rings.